The number of hydrogen-bond donors (Lipinski definition) is 1. The highest BCUT2D eigenvalue weighted by atomic mass is 35.5. The largest absolute Gasteiger partial charge is 0.489 e. The molecular formula is C22H38Cl2N4O4Si. The number of rotatable bonds is 7. The Balaban J connectivity index is 2.02. The molecule has 1 fully saturated rings. The van der Waals surface area contributed by atoms with Crippen LogP contribution in [-0.2, 0) is 9.16 Å². The van der Waals surface area contributed by atoms with Gasteiger partial charge in [0.2, 0.25) is 0 Å². The lowest BCUT2D eigenvalue weighted by Crippen LogP contribution is -2.57. The molecule has 188 valence electrons. The SMILES string of the molecule is CC(C)(C)OC(=O)N1C[C@H](NCCOc2cc(Cl)nnc2Cl)C[C@H](O[Si](C)(C)C(C)(C)C)C1. The molecule has 1 aliphatic heterocycles. The lowest BCUT2D eigenvalue weighted by Gasteiger charge is -2.44. The molecule has 1 N–H and O–H groups in total. The summed E-state index contributed by atoms with van der Waals surface area (Å²) in [4.78, 5) is 14.6. The second-order valence-corrected chi connectivity index (χ2v) is 16.4. The summed E-state index contributed by atoms with van der Waals surface area (Å²) < 4.78 is 18.0. The quantitative estimate of drug-likeness (QED) is 0.392. The van der Waals surface area contributed by atoms with Crippen molar-refractivity contribution in [2.24, 2.45) is 0 Å². The van der Waals surface area contributed by atoms with Gasteiger partial charge >= 0.3 is 6.09 Å². The Morgan fingerprint density at radius 3 is 2.45 bits per heavy atom. The van der Waals surface area contributed by atoms with E-state index in [0.717, 1.165) is 6.42 Å². The van der Waals surface area contributed by atoms with E-state index in [9.17, 15) is 4.79 Å². The van der Waals surface area contributed by atoms with Gasteiger partial charge in [-0.05, 0) is 45.3 Å². The monoisotopic (exact) mass is 520 g/mol. The molecule has 2 rings (SSSR count). The maximum absolute atomic E-state index is 12.8. The van der Waals surface area contributed by atoms with E-state index in [-0.39, 0.29) is 33.6 Å². The summed E-state index contributed by atoms with van der Waals surface area (Å²) in [5, 5.41) is 11.3. The van der Waals surface area contributed by atoms with E-state index in [1.165, 1.54) is 6.07 Å². The molecule has 1 amide bonds. The minimum Gasteiger partial charge on any atom is -0.489 e. The van der Waals surface area contributed by atoms with Crippen LogP contribution >= 0.6 is 23.2 Å². The third-order valence-electron chi connectivity index (χ3n) is 5.81. The molecule has 0 saturated carbocycles. The zero-order valence-electron chi connectivity index (χ0n) is 21.0. The molecule has 1 saturated heterocycles. The number of piperidine rings is 1. The van der Waals surface area contributed by atoms with Gasteiger partial charge in [0.25, 0.3) is 0 Å². The number of likely N-dealkylation sites (tertiary alicyclic amines) is 1. The van der Waals surface area contributed by atoms with Gasteiger partial charge in [0.15, 0.2) is 24.4 Å². The van der Waals surface area contributed by atoms with Crippen LogP contribution in [0.25, 0.3) is 0 Å². The Labute approximate surface area is 208 Å². The van der Waals surface area contributed by atoms with Gasteiger partial charge in [-0.2, -0.15) is 0 Å². The summed E-state index contributed by atoms with van der Waals surface area (Å²) in [5.41, 5.74) is -0.555. The predicted molar refractivity (Wildman–Crippen MR) is 134 cm³/mol. The smallest absolute Gasteiger partial charge is 0.410 e. The van der Waals surface area contributed by atoms with Crippen molar-refractivity contribution < 1.29 is 18.7 Å². The Kier molecular flexibility index (Phi) is 9.43. The molecule has 0 radical (unpaired) electrons. The summed E-state index contributed by atoms with van der Waals surface area (Å²) in [6.07, 6.45) is 0.413. The predicted octanol–water partition coefficient (Wildman–Crippen LogP) is 5.15. The number of hydrogen-bond acceptors (Lipinski definition) is 7. The third kappa shape index (κ3) is 8.86. The number of carbonyl (C=O) groups excluding carboxylic acids is 1. The number of aromatic nitrogens is 2. The third-order valence-corrected chi connectivity index (χ3v) is 10.8. The van der Waals surface area contributed by atoms with Gasteiger partial charge in [-0.3, -0.25) is 0 Å². The van der Waals surface area contributed by atoms with Crippen molar-refractivity contribution in [1.29, 1.82) is 0 Å². The highest BCUT2D eigenvalue weighted by Crippen LogP contribution is 2.38. The van der Waals surface area contributed by atoms with Crippen LogP contribution in [0.15, 0.2) is 6.07 Å². The first kappa shape index (κ1) is 28.1. The van der Waals surface area contributed by atoms with Crippen LogP contribution in [0.4, 0.5) is 4.79 Å². The van der Waals surface area contributed by atoms with E-state index in [0.29, 0.717) is 32.0 Å². The Morgan fingerprint density at radius 1 is 1.18 bits per heavy atom. The Morgan fingerprint density at radius 2 is 1.85 bits per heavy atom. The van der Waals surface area contributed by atoms with Crippen molar-refractivity contribution in [3.8, 4) is 5.75 Å². The molecule has 1 aromatic heterocycles. The fraction of sp³-hybridized carbons (Fsp3) is 0.773. The topological polar surface area (TPSA) is 85.8 Å². The molecule has 0 unspecified atom stereocenters. The Hall–Kier alpha value is -1.13. The van der Waals surface area contributed by atoms with Crippen molar-refractivity contribution in [2.75, 3.05) is 26.2 Å². The van der Waals surface area contributed by atoms with Crippen molar-refractivity contribution >= 4 is 37.6 Å². The lowest BCUT2D eigenvalue weighted by atomic mass is 10.0. The normalized spacial score (nSPS) is 20.0. The minimum absolute atomic E-state index is 0.0410. The fourth-order valence-corrected chi connectivity index (χ4v) is 4.86. The number of nitrogens with one attached hydrogen (secondary N) is 1. The first-order valence-electron chi connectivity index (χ1n) is 11.3. The molecule has 11 heteroatoms. The van der Waals surface area contributed by atoms with E-state index in [1.54, 1.807) is 4.90 Å². The van der Waals surface area contributed by atoms with Crippen LogP contribution in [0.2, 0.25) is 28.4 Å². The Bertz CT molecular complexity index is 815. The molecule has 0 spiro atoms. The van der Waals surface area contributed by atoms with Crippen LogP contribution < -0.4 is 10.1 Å². The van der Waals surface area contributed by atoms with Gasteiger partial charge in [0.05, 0.1) is 6.10 Å². The molecule has 8 nitrogen and oxygen atoms in total. The van der Waals surface area contributed by atoms with Crippen LogP contribution in [-0.4, -0.2) is 73.5 Å². The zero-order valence-corrected chi connectivity index (χ0v) is 23.5. The number of ether oxygens (including phenoxy) is 2. The second-order valence-electron chi connectivity index (χ2n) is 10.9. The molecular weight excluding hydrogens is 483 g/mol. The molecule has 2 atom stereocenters. The molecule has 0 aliphatic carbocycles. The van der Waals surface area contributed by atoms with Gasteiger partial charge in [0.1, 0.15) is 12.2 Å². The molecule has 1 aromatic rings. The fourth-order valence-electron chi connectivity index (χ4n) is 3.22. The van der Waals surface area contributed by atoms with Crippen molar-refractivity contribution in [3.63, 3.8) is 0 Å². The van der Waals surface area contributed by atoms with Crippen LogP contribution in [0.1, 0.15) is 48.0 Å². The molecule has 1 aliphatic rings. The van der Waals surface area contributed by atoms with Crippen LogP contribution in [0.3, 0.4) is 0 Å². The van der Waals surface area contributed by atoms with E-state index in [4.69, 9.17) is 37.1 Å². The highest BCUT2D eigenvalue weighted by molar-refractivity contribution is 6.74. The average molecular weight is 522 g/mol. The number of carbonyl (C=O) groups is 1. The number of nitrogens with zero attached hydrogens (tertiary/aromatic N) is 3. The average Bonchev–Trinajstić information content (AvgIpc) is 2.65. The summed E-state index contributed by atoms with van der Waals surface area (Å²) in [6.45, 7) is 18.7. The minimum atomic E-state index is -2.00. The van der Waals surface area contributed by atoms with E-state index < -0.39 is 13.9 Å². The molecule has 0 aromatic carbocycles. The summed E-state index contributed by atoms with van der Waals surface area (Å²) >= 11 is 11.9. The molecule has 33 heavy (non-hydrogen) atoms. The van der Waals surface area contributed by atoms with Gasteiger partial charge in [0, 0.05) is 31.7 Å². The molecule has 2 heterocycles. The highest BCUT2D eigenvalue weighted by Gasteiger charge is 2.42. The summed E-state index contributed by atoms with van der Waals surface area (Å²) in [5.74, 6) is 0.386. The second kappa shape index (κ2) is 11.1. The van der Waals surface area contributed by atoms with Crippen LogP contribution in [0.5, 0.6) is 5.75 Å². The van der Waals surface area contributed by atoms with Crippen molar-refractivity contribution in [3.05, 3.63) is 16.4 Å². The lowest BCUT2D eigenvalue weighted by molar-refractivity contribution is -0.000111. The maximum atomic E-state index is 12.8. The van der Waals surface area contributed by atoms with E-state index in [1.807, 2.05) is 20.8 Å². The maximum Gasteiger partial charge on any atom is 0.410 e. The van der Waals surface area contributed by atoms with Gasteiger partial charge in [-0.25, -0.2) is 4.79 Å². The number of halogens is 2. The standard InChI is InChI=1S/C22H38Cl2N4O4Si/c1-21(2,3)31-20(29)28-13-15(11-16(14-28)32-33(7,8)22(4,5)6)25-9-10-30-17-12-18(23)26-27-19(17)24/h12,15-16,25H,9-11,13-14H2,1-8H3/t15-,16+/m1/s1. The first-order valence-corrected chi connectivity index (χ1v) is 14.9. The van der Waals surface area contributed by atoms with E-state index >= 15 is 0 Å². The summed E-state index contributed by atoms with van der Waals surface area (Å²) in [6, 6.07) is 1.57. The summed E-state index contributed by atoms with van der Waals surface area (Å²) in [7, 11) is -2.00. The van der Waals surface area contributed by atoms with Gasteiger partial charge < -0.3 is 24.1 Å². The van der Waals surface area contributed by atoms with Crippen LogP contribution in [0, 0.1) is 0 Å². The number of amides is 1. The van der Waals surface area contributed by atoms with Gasteiger partial charge in [-0.15, -0.1) is 10.2 Å². The van der Waals surface area contributed by atoms with Gasteiger partial charge in [-0.1, -0.05) is 44.0 Å². The van der Waals surface area contributed by atoms with Crippen molar-refractivity contribution in [2.45, 2.75) is 83.8 Å². The molecule has 0 bridgehead atoms. The van der Waals surface area contributed by atoms with Crippen molar-refractivity contribution in [1.82, 2.24) is 20.4 Å². The zero-order chi connectivity index (χ0) is 25.0. The first-order chi connectivity index (χ1) is 15.1. The van der Waals surface area contributed by atoms with E-state index in [2.05, 4.69) is 49.4 Å².